The van der Waals surface area contributed by atoms with E-state index in [0.29, 0.717) is 16.5 Å². The first-order valence-electron chi connectivity index (χ1n) is 9.95. The molecule has 0 aliphatic carbocycles. The first-order chi connectivity index (χ1) is 14.3. The molecule has 0 aromatic heterocycles. The molecule has 6 nitrogen and oxygen atoms in total. The van der Waals surface area contributed by atoms with Crippen molar-refractivity contribution in [3.8, 4) is 11.5 Å². The molecule has 2 aromatic carbocycles. The normalized spacial score (nSPS) is 12.6. The van der Waals surface area contributed by atoms with Crippen LogP contribution >= 0.6 is 11.6 Å². The highest BCUT2D eigenvalue weighted by atomic mass is 35.5. The van der Waals surface area contributed by atoms with E-state index in [0.717, 1.165) is 12.0 Å². The lowest BCUT2D eigenvalue weighted by Crippen LogP contribution is -2.50. The number of nitrogens with one attached hydrogen (secondary N) is 1. The number of methoxy groups -OCH3 is 1. The highest BCUT2D eigenvalue weighted by Crippen LogP contribution is 2.20. The Bertz CT molecular complexity index is 841. The van der Waals surface area contributed by atoms with Crippen LogP contribution in [0.15, 0.2) is 48.5 Å². The standard InChI is InChI=1S/C23H29ClN2O4/c1-5-16(2)25-23(28)17(3)26(14-18-8-6-7-9-21(18)24)22(27)15-30-20-12-10-19(29-4)11-13-20/h6-13,16-17H,5,14-15H2,1-4H3,(H,25,28)/t16-,17+/m0/s1. The van der Waals surface area contributed by atoms with Crippen molar-refractivity contribution < 1.29 is 19.1 Å². The molecule has 0 spiro atoms. The molecule has 0 bridgehead atoms. The zero-order valence-corrected chi connectivity index (χ0v) is 18.6. The van der Waals surface area contributed by atoms with Gasteiger partial charge in [-0.25, -0.2) is 0 Å². The maximum atomic E-state index is 13.0. The van der Waals surface area contributed by atoms with E-state index in [9.17, 15) is 9.59 Å². The molecule has 0 saturated heterocycles. The molecule has 0 fully saturated rings. The Hall–Kier alpha value is -2.73. The van der Waals surface area contributed by atoms with Gasteiger partial charge in [-0.2, -0.15) is 0 Å². The quantitative estimate of drug-likeness (QED) is 0.614. The van der Waals surface area contributed by atoms with Crippen molar-refractivity contribution in [2.45, 2.75) is 45.8 Å². The summed E-state index contributed by atoms with van der Waals surface area (Å²) in [7, 11) is 1.58. The van der Waals surface area contributed by atoms with Gasteiger partial charge in [0.05, 0.1) is 7.11 Å². The number of rotatable bonds is 10. The molecular formula is C23H29ClN2O4. The second-order valence-electron chi connectivity index (χ2n) is 7.07. The van der Waals surface area contributed by atoms with Gasteiger partial charge in [0.25, 0.3) is 5.91 Å². The van der Waals surface area contributed by atoms with Crippen LogP contribution in [0, 0.1) is 0 Å². The Kier molecular flexibility index (Phi) is 8.99. The van der Waals surface area contributed by atoms with Crippen molar-refractivity contribution in [1.29, 1.82) is 0 Å². The Labute approximate surface area is 183 Å². The summed E-state index contributed by atoms with van der Waals surface area (Å²) in [4.78, 5) is 27.2. The van der Waals surface area contributed by atoms with Crippen LogP contribution in [-0.2, 0) is 16.1 Å². The molecule has 2 aromatic rings. The summed E-state index contributed by atoms with van der Waals surface area (Å²) in [6.07, 6.45) is 0.803. The molecule has 30 heavy (non-hydrogen) atoms. The topological polar surface area (TPSA) is 67.9 Å². The summed E-state index contributed by atoms with van der Waals surface area (Å²) >= 11 is 6.28. The van der Waals surface area contributed by atoms with Gasteiger partial charge in [-0.15, -0.1) is 0 Å². The Morgan fingerprint density at radius 2 is 1.70 bits per heavy atom. The molecule has 2 amide bonds. The number of ether oxygens (including phenoxy) is 2. The van der Waals surface area contributed by atoms with Crippen molar-refractivity contribution in [3.63, 3.8) is 0 Å². The number of halogens is 1. The summed E-state index contributed by atoms with van der Waals surface area (Å²) in [6, 6.07) is 13.6. The third kappa shape index (κ3) is 6.66. The molecule has 0 heterocycles. The first-order valence-corrected chi connectivity index (χ1v) is 10.3. The summed E-state index contributed by atoms with van der Waals surface area (Å²) in [6.45, 7) is 5.64. The summed E-state index contributed by atoms with van der Waals surface area (Å²) in [5.74, 6) is 0.717. The third-order valence-corrected chi connectivity index (χ3v) is 5.26. The number of benzene rings is 2. The molecule has 0 unspecified atom stereocenters. The molecule has 7 heteroatoms. The van der Waals surface area contributed by atoms with E-state index in [-0.39, 0.29) is 31.0 Å². The van der Waals surface area contributed by atoms with Crippen LogP contribution in [0.2, 0.25) is 5.02 Å². The molecule has 0 saturated carbocycles. The number of hydrogen-bond donors (Lipinski definition) is 1. The van der Waals surface area contributed by atoms with Crippen LogP contribution in [0.25, 0.3) is 0 Å². The summed E-state index contributed by atoms with van der Waals surface area (Å²) in [5.41, 5.74) is 0.764. The minimum absolute atomic E-state index is 0.0211. The minimum atomic E-state index is -0.678. The van der Waals surface area contributed by atoms with E-state index < -0.39 is 6.04 Å². The van der Waals surface area contributed by atoms with Gasteiger partial charge in [0.1, 0.15) is 17.5 Å². The van der Waals surface area contributed by atoms with Gasteiger partial charge in [0, 0.05) is 17.6 Å². The SMILES string of the molecule is CC[C@H](C)NC(=O)[C@@H](C)N(Cc1ccccc1Cl)C(=O)COc1ccc(OC)cc1. The van der Waals surface area contributed by atoms with Gasteiger partial charge in [-0.05, 0) is 56.2 Å². The molecule has 0 radical (unpaired) electrons. The highest BCUT2D eigenvalue weighted by Gasteiger charge is 2.27. The predicted molar refractivity (Wildman–Crippen MR) is 118 cm³/mol. The van der Waals surface area contributed by atoms with Gasteiger partial charge in [0.15, 0.2) is 6.61 Å². The van der Waals surface area contributed by atoms with Crippen molar-refractivity contribution in [2.24, 2.45) is 0 Å². The van der Waals surface area contributed by atoms with E-state index in [1.807, 2.05) is 32.0 Å². The minimum Gasteiger partial charge on any atom is -0.497 e. The molecule has 162 valence electrons. The van der Waals surface area contributed by atoms with Gasteiger partial charge in [-0.3, -0.25) is 9.59 Å². The predicted octanol–water partition coefficient (Wildman–Crippen LogP) is 4.06. The molecule has 0 aliphatic heterocycles. The number of carbonyl (C=O) groups is 2. The zero-order valence-electron chi connectivity index (χ0n) is 17.9. The van der Waals surface area contributed by atoms with Crippen LogP contribution in [0.4, 0.5) is 0 Å². The average molecular weight is 433 g/mol. The lowest BCUT2D eigenvalue weighted by atomic mass is 10.1. The van der Waals surface area contributed by atoms with Crippen molar-refractivity contribution >= 4 is 23.4 Å². The monoisotopic (exact) mass is 432 g/mol. The molecule has 1 N–H and O–H groups in total. The summed E-state index contributed by atoms with van der Waals surface area (Å²) in [5, 5.41) is 3.47. The molecule has 2 rings (SSSR count). The fourth-order valence-corrected chi connectivity index (χ4v) is 2.95. The largest absolute Gasteiger partial charge is 0.497 e. The van der Waals surface area contributed by atoms with Crippen LogP contribution in [0.5, 0.6) is 11.5 Å². The Morgan fingerprint density at radius 3 is 2.30 bits per heavy atom. The van der Waals surface area contributed by atoms with E-state index in [1.165, 1.54) is 4.90 Å². The average Bonchev–Trinajstić information content (AvgIpc) is 2.76. The Morgan fingerprint density at radius 1 is 1.07 bits per heavy atom. The van der Waals surface area contributed by atoms with E-state index >= 15 is 0 Å². The van der Waals surface area contributed by atoms with Gasteiger partial charge >= 0.3 is 0 Å². The van der Waals surface area contributed by atoms with Gasteiger partial charge < -0.3 is 19.7 Å². The van der Waals surface area contributed by atoms with Crippen molar-refractivity contribution in [1.82, 2.24) is 10.2 Å². The maximum absolute atomic E-state index is 13.0. The van der Waals surface area contributed by atoms with Gasteiger partial charge in [-0.1, -0.05) is 36.7 Å². The lowest BCUT2D eigenvalue weighted by Gasteiger charge is -2.30. The summed E-state index contributed by atoms with van der Waals surface area (Å²) < 4.78 is 10.8. The highest BCUT2D eigenvalue weighted by molar-refractivity contribution is 6.31. The second kappa shape index (κ2) is 11.5. The fourth-order valence-electron chi connectivity index (χ4n) is 2.76. The molecular weight excluding hydrogens is 404 g/mol. The van der Waals surface area contributed by atoms with Crippen LogP contribution < -0.4 is 14.8 Å². The third-order valence-electron chi connectivity index (χ3n) is 4.89. The number of hydrogen-bond acceptors (Lipinski definition) is 4. The van der Waals surface area contributed by atoms with E-state index in [2.05, 4.69) is 5.32 Å². The van der Waals surface area contributed by atoms with Crippen LogP contribution in [0.1, 0.15) is 32.8 Å². The van der Waals surface area contributed by atoms with Gasteiger partial charge in [0.2, 0.25) is 5.91 Å². The fraction of sp³-hybridized carbons (Fsp3) is 0.391. The number of nitrogens with zero attached hydrogens (tertiary/aromatic N) is 1. The number of amides is 2. The number of carbonyl (C=O) groups excluding carboxylic acids is 2. The zero-order chi connectivity index (χ0) is 22.1. The van der Waals surface area contributed by atoms with E-state index in [1.54, 1.807) is 44.4 Å². The molecule has 0 aliphatic rings. The van der Waals surface area contributed by atoms with Crippen molar-refractivity contribution in [2.75, 3.05) is 13.7 Å². The Balaban J connectivity index is 2.14. The first kappa shape index (κ1) is 23.5. The smallest absolute Gasteiger partial charge is 0.261 e. The van der Waals surface area contributed by atoms with E-state index in [4.69, 9.17) is 21.1 Å². The second-order valence-corrected chi connectivity index (χ2v) is 7.48. The lowest BCUT2D eigenvalue weighted by molar-refractivity contribution is -0.142. The molecule has 2 atom stereocenters. The van der Waals surface area contributed by atoms with Crippen molar-refractivity contribution in [3.05, 3.63) is 59.1 Å². The van der Waals surface area contributed by atoms with Crippen LogP contribution in [0.3, 0.4) is 0 Å². The maximum Gasteiger partial charge on any atom is 0.261 e. The van der Waals surface area contributed by atoms with Crippen LogP contribution in [-0.4, -0.2) is 42.5 Å².